The van der Waals surface area contributed by atoms with Gasteiger partial charge < -0.3 is 14.5 Å². The molecule has 2 aliphatic rings. The van der Waals surface area contributed by atoms with E-state index in [0.29, 0.717) is 13.0 Å². The third-order valence-electron chi connectivity index (χ3n) is 5.75. The van der Waals surface area contributed by atoms with E-state index >= 15 is 0 Å². The Morgan fingerprint density at radius 1 is 1.00 bits per heavy atom. The smallest absolute Gasteiger partial charge is 0.326 e. The third kappa shape index (κ3) is 3.71. The van der Waals surface area contributed by atoms with Crippen LogP contribution in [0.4, 0.5) is 0 Å². The molecule has 32 heavy (non-hydrogen) atoms. The molecule has 0 radical (unpaired) electrons. The number of carbonyl (C=O) groups is 1. The van der Waals surface area contributed by atoms with E-state index < -0.39 is 5.97 Å². The van der Waals surface area contributed by atoms with Crippen LogP contribution in [0.3, 0.4) is 0 Å². The molecule has 6 nitrogen and oxygen atoms in total. The molecule has 0 atom stereocenters. The van der Waals surface area contributed by atoms with Crippen LogP contribution in [0, 0.1) is 0 Å². The van der Waals surface area contributed by atoms with Crippen LogP contribution in [0.5, 0.6) is 0 Å². The number of aryl methyl sites for hydroxylation is 1. The quantitative estimate of drug-likeness (QED) is 0.377. The molecule has 5 rings (SSSR count). The zero-order valence-electron chi connectivity index (χ0n) is 17.4. The summed E-state index contributed by atoms with van der Waals surface area (Å²) < 4.78 is 7.50. The topological polar surface area (TPSA) is 88.2 Å². The minimum Gasteiger partial charge on any atom is -0.481 e. The molecule has 2 N–H and O–H groups in total. The Bertz CT molecular complexity index is 1430. The van der Waals surface area contributed by atoms with Crippen molar-refractivity contribution in [3.8, 4) is 22.5 Å². The van der Waals surface area contributed by atoms with E-state index in [2.05, 4.69) is 23.2 Å². The van der Waals surface area contributed by atoms with Crippen molar-refractivity contribution in [2.45, 2.75) is 25.8 Å². The van der Waals surface area contributed by atoms with Gasteiger partial charge in [-0.05, 0) is 59.9 Å². The number of hydrogen-bond acceptors (Lipinski definition) is 3. The largest absolute Gasteiger partial charge is 0.481 e. The lowest BCUT2D eigenvalue weighted by Gasteiger charge is -2.08. The van der Waals surface area contributed by atoms with Crippen LogP contribution in [0.15, 0.2) is 82.2 Å². The summed E-state index contributed by atoms with van der Waals surface area (Å²) in [6.07, 6.45) is 2.88. The van der Waals surface area contributed by atoms with Gasteiger partial charge in [-0.2, -0.15) is 0 Å². The molecule has 0 amide bonds. The molecule has 2 aromatic carbocycles. The number of fused-ring (bicyclic) bond motifs is 2. The second-order valence-corrected chi connectivity index (χ2v) is 7.92. The van der Waals surface area contributed by atoms with Crippen LogP contribution in [0.1, 0.15) is 24.0 Å². The number of H-pyrrole nitrogens is 1. The average molecular weight is 426 g/mol. The molecule has 1 aromatic heterocycles. The van der Waals surface area contributed by atoms with Gasteiger partial charge in [0.05, 0.1) is 17.3 Å². The van der Waals surface area contributed by atoms with Gasteiger partial charge in [-0.3, -0.25) is 9.36 Å². The van der Waals surface area contributed by atoms with Crippen molar-refractivity contribution in [2.24, 2.45) is 0 Å². The predicted molar refractivity (Wildman–Crippen MR) is 123 cm³/mol. The van der Waals surface area contributed by atoms with Crippen LogP contribution in [0.25, 0.3) is 33.5 Å². The Morgan fingerprint density at radius 2 is 1.84 bits per heavy atom. The highest BCUT2D eigenvalue weighted by Gasteiger charge is 2.21. The van der Waals surface area contributed by atoms with Gasteiger partial charge in [0, 0.05) is 24.1 Å². The third-order valence-corrected chi connectivity index (χ3v) is 5.75. The summed E-state index contributed by atoms with van der Waals surface area (Å²) in [5.74, 6) is -0.0426. The van der Waals surface area contributed by atoms with Crippen molar-refractivity contribution >= 4 is 17.0 Å². The molecule has 2 heterocycles. The number of nitrogens with one attached hydrogen (secondary N) is 1. The highest BCUT2D eigenvalue weighted by Crippen LogP contribution is 2.41. The molecular formula is C26H22N2O4. The summed E-state index contributed by atoms with van der Waals surface area (Å²) in [4.78, 5) is 26.2. The Kier molecular flexibility index (Phi) is 5.11. The van der Waals surface area contributed by atoms with E-state index in [1.165, 1.54) is 5.56 Å². The molecule has 160 valence electrons. The molecule has 6 heteroatoms. The van der Waals surface area contributed by atoms with Crippen molar-refractivity contribution < 1.29 is 14.3 Å². The fourth-order valence-electron chi connectivity index (χ4n) is 4.32. The second-order valence-electron chi connectivity index (χ2n) is 7.92. The van der Waals surface area contributed by atoms with E-state index in [4.69, 9.17) is 9.52 Å². The molecule has 0 bridgehead atoms. The zero-order valence-corrected chi connectivity index (χ0v) is 17.4. The van der Waals surface area contributed by atoms with Gasteiger partial charge in [-0.15, -0.1) is 0 Å². The van der Waals surface area contributed by atoms with Gasteiger partial charge in [0.1, 0.15) is 5.76 Å². The van der Waals surface area contributed by atoms with Crippen LogP contribution in [-0.4, -0.2) is 20.6 Å². The Labute approximate surface area is 184 Å². The fourth-order valence-corrected chi connectivity index (χ4v) is 4.32. The van der Waals surface area contributed by atoms with Gasteiger partial charge in [-0.25, -0.2) is 4.79 Å². The van der Waals surface area contributed by atoms with Crippen molar-refractivity contribution in [1.82, 2.24) is 9.55 Å². The van der Waals surface area contributed by atoms with Gasteiger partial charge in [-0.1, -0.05) is 36.4 Å². The summed E-state index contributed by atoms with van der Waals surface area (Å²) in [5, 5.41) is 8.88. The van der Waals surface area contributed by atoms with E-state index in [-0.39, 0.29) is 12.1 Å². The number of aliphatic carboxylic acids is 1. The number of nitrogens with zero attached hydrogens (tertiary/aromatic N) is 1. The van der Waals surface area contributed by atoms with E-state index in [0.717, 1.165) is 45.5 Å². The van der Waals surface area contributed by atoms with Crippen LogP contribution >= 0.6 is 0 Å². The van der Waals surface area contributed by atoms with Crippen LogP contribution in [-0.2, 0) is 17.8 Å². The Morgan fingerprint density at radius 3 is 2.66 bits per heavy atom. The summed E-state index contributed by atoms with van der Waals surface area (Å²) in [7, 11) is 0. The van der Waals surface area contributed by atoms with Crippen LogP contribution in [0.2, 0.25) is 0 Å². The predicted octanol–water partition coefficient (Wildman–Crippen LogP) is 5.15. The van der Waals surface area contributed by atoms with Gasteiger partial charge in [0.25, 0.3) is 0 Å². The minimum atomic E-state index is -0.863. The number of aromatic amines is 1. The first-order chi connectivity index (χ1) is 15.6. The molecular weight excluding hydrogens is 404 g/mol. The highest BCUT2D eigenvalue weighted by molar-refractivity contribution is 5.90. The number of imidazole rings is 1. The lowest BCUT2D eigenvalue weighted by molar-refractivity contribution is -0.137. The first-order valence-corrected chi connectivity index (χ1v) is 10.6. The van der Waals surface area contributed by atoms with E-state index in [1.54, 1.807) is 10.8 Å². The number of carboxylic acid groups (broad SMARTS) is 1. The summed E-state index contributed by atoms with van der Waals surface area (Å²) in [5.41, 5.74) is 6.64. The molecule has 0 saturated heterocycles. The number of rotatable bonds is 7. The molecule has 1 aliphatic heterocycles. The Hall–Kier alpha value is -4.06. The normalized spacial score (nSPS) is 11.4. The maximum absolute atomic E-state index is 12.5. The monoisotopic (exact) mass is 426 g/mol. The zero-order chi connectivity index (χ0) is 22.1. The first kappa shape index (κ1) is 19.9. The van der Waals surface area contributed by atoms with Gasteiger partial charge in [0.15, 0.2) is 0 Å². The van der Waals surface area contributed by atoms with E-state index in [9.17, 15) is 9.59 Å². The molecule has 0 unspecified atom stereocenters. The minimum absolute atomic E-state index is 0.0288. The molecule has 3 aromatic rings. The molecule has 0 fully saturated rings. The maximum atomic E-state index is 12.5. The maximum Gasteiger partial charge on any atom is 0.326 e. The summed E-state index contributed by atoms with van der Waals surface area (Å²) >= 11 is 0. The standard InChI is InChI=1S/C26H22N2O4/c29-23(30)9-4-12-28-22-11-10-18(16-21(22)27-26(28)31)24-20(14-17-6-2-1-3-7-17)15-19-8-5-13-32-25(19)24/h1-3,5-8,10-11,13,15-16H,4,9,12,14H2,(H,27,31)(H,29,30). The van der Waals surface area contributed by atoms with E-state index in [1.807, 2.05) is 48.5 Å². The Balaban J connectivity index is 1.58. The average Bonchev–Trinajstić information content (AvgIpc) is 3.30. The summed E-state index contributed by atoms with van der Waals surface area (Å²) in [6, 6.07) is 22.2. The highest BCUT2D eigenvalue weighted by atomic mass is 16.4. The van der Waals surface area contributed by atoms with Crippen molar-refractivity contribution in [1.29, 1.82) is 0 Å². The second kappa shape index (κ2) is 8.23. The molecule has 0 saturated carbocycles. The van der Waals surface area contributed by atoms with Gasteiger partial charge >= 0.3 is 11.7 Å². The molecule has 1 aliphatic carbocycles. The van der Waals surface area contributed by atoms with Crippen molar-refractivity contribution in [3.05, 3.63) is 94.6 Å². The number of aromatic nitrogens is 2. The summed E-state index contributed by atoms with van der Waals surface area (Å²) in [6.45, 7) is 0.360. The van der Waals surface area contributed by atoms with Crippen molar-refractivity contribution in [3.63, 3.8) is 0 Å². The fraction of sp³-hybridized carbons (Fsp3) is 0.154. The number of benzene rings is 2. The first-order valence-electron chi connectivity index (χ1n) is 10.6. The molecule has 0 spiro atoms. The van der Waals surface area contributed by atoms with Crippen LogP contribution < -0.4 is 5.69 Å². The van der Waals surface area contributed by atoms with Gasteiger partial charge in [0.2, 0.25) is 0 Å². The lowest BCUT2D eigenvalue weighted by Crippen LogP contribution is -2.17. The number of carboxylic acids is 1. The van der Waals surface area contributed by atoms with Crippen molar-refractivity contribution in [2.75, 3.05) is 0 Å². The lowest BCUT2D eigenvalue weighted by atomic mass is 9.98. The number of hydrogen-bond donors (Lipinski definition) is 2. The SMILES string of the molecule is O=C(O)CCCn1c(=O)[nH]c2cc(-c3c(Cc4ccccc4)cc4cccoc3-4)ccc21.